The molecule has 1 heterocycles. The fourth-order valence-corrected chi connectivity index (χ4v) is 4.67. The fourth-order valence-electron chi connectivity index (χ4n) is 4.32. The van der Waals surface area contributed by atoms with E-state index in [1.165, 1.54) is 72.5 Å². The van der Waals surface area contributed by atoms with Crippen molar-refractivity contribution < 1.29 is 17.4 Å². The molecule has 0 saturated carbocycles. The lowest BCUT2D eigenvalue weighted by Gasteiger charge is -2.10. The van der Waals surface area contributed by atoms with Crippen molar-refractivity contribution in [2.45, 2.75) is 44.9 Å². The molecule has 180 valence electrons. The molecule has 0 unspecified atom stereocenters. The van der Waals surface area contributed by atoms with Crippen molar-refractivity contribution in [3.8, 4) is 0 Å². The SMILES string of the molecule is Clc1ccc2c(NCCCCCCCCCNc3cc[nH+]c4cc(Cl)ccc34)cccc2c1.[Cl-]. The maximum Gasteiger partial charge on any atom is 0.214 e. The largest absolute Gasteiger partial charge is 1.00 e. The van der Waals surface area contributed by atoms with Gasteiger partial charge in [-0.1, -0.05) is 73.5 Å². The maximum atomic E-state index is 6.11. The first-order valence-corrected chi connectivity index (χ1v) is 12.7. The van der Waals surface area contributed by atoms with Crippen LogP contribution in [0.1, 0.15) is 44.9 Å². The third kappa shape index (κ3) is 7.40. The summed E-state index contributed by atoms with van der Waals surface area (Å²) in [5.74, 6) is 0. The van der Waals surface area contributed by atoms with Gasteiger partial charge < -0.3 is 23.0 Å². The molecule has 0 aliphatic carbocycles. The Bertz CT molecular complexity index is 1100. The first kappa shape index (κ1) is 26.4. The van der Waals surface area contributed by atoms with Gasteiger partial charge in [-0.05, 0) is 48.6 Å². The van der Waals surface area contributed by atoms with Gasteiger partial charge in [0, 0.05) is 46.3 Å². The Hall–Kier alpha value is -2.20. The van der Waals surface area contributed by atoms with Crippen LogP contribution in [0, 0.1) is 0 Å². The summed E-state index contributed by atoms with van der Waals surface area (Å²) >= 11 is 12.2. The van der Waals surface area contributed by atoms with Gasteiger partial charge in [0.15, 0.2) is 6.20 Å². The summed E-state index contributed by atoms with van der Waals surface area (Å²) in [4.78, 5) is 3.26. The number of rotatable bonds is 12. The van der Waals surface area contributed by atoms with Gasteiger partial charge in [-0.2, -0.15) is 0 Å². The minimum absolute atomic E-state index is 0. The summed E-state index contributed by atoms with van der Waals surface area (Å²) < 4.78 is 0. The minimum Gasteiger partial charge on any atom is -1.00 e. The second kappa shape index (κ2) is 13.6. The minimum atomic E-state index is 0. The van der Waals surface area contributed by atoms with Crippen LogP contribution in [0.4, 0.5) is 11.4 Å². The topological polar surface area (TPSA) is 38.2 Å². The molecule has 0 radical (unpaired) electrons. The van der Waals surface area contributed by atoms with Gasteiger partial charge in [0.25, 0.3) is 0 Å². The van der Waals surface area contributed by atoms with E-state index in [1.54, 1.807) is 0 Å². The number of H-pyrrole nitrogens is 1. The molecular weight excluding hydrogens is 485 g/mol. The summed E-state index contributed by atoms with van der Waals surface area (Å²) in [6, 6.07) is 20.5. The fraction of sp³-hybridized carbons (Fsp3) is 0.321. The highest BCUT2D eigenvalue weighted by molar-refractivity contribution is 6.31. The number of halogens is 3. The van der Waals surface area contributed by atoms with Crippen LogP contribution in [-0.4, -0.2) is 13.1 Å². The zero-order valence-corrected chi connectivity index (χ0v) is 21.6. The average molecular weight is 517 g/mol. The Morgan fingerprint density at radius 2 is 1.21 bits per heavy atom. The van der Waals surface area contributed by atoms with E-state index in [4.69, 9.17) is 23.2 Å². The van der Waals surface area contributed by atoms with Gasteiger partial charge in [-0.25, -0.2) is 4.98 Å². The summed E-state index contributed by atoms with van der Waals surface area (Å²) in [6.07, 6.45) is 10.8. The number of pyridine rings is 1. The zero-order chi connectivity index (χ0) is 22.9. The first-order valence-electron chi connectivity index (χ1n) is 12.0. The molecule has 4 aromatic rings. The maximum absolute atomic E-state index is 6.11. The van der Waals surface area contributed by atoms with Gasteiger partial charge in [-0.3, -0.25) is 0 Å². The zero-order valence-electron chi connectivity index (χ0n) is 19.3. The monoisotopic (exact) mass is 515 g/mol. The molecule has 3 N–H and O–H groups in total. The molecule has 4 rings (SSSR count). The molecule has 0 atom stereocenters. The molecule has 3 aromatic carbocycles. The van der Waals surface area contributed by atoms with Gasteiger partial charge in [0.2, 0.25) is 5.52 Å². The molecule has 1 aromatic heterocycles. The van der Waals surface area contributed by atoms with E-state index in [2.05, 4.69) is 52.0 Å². The summed E-state index contributed by atoms with van der Waals surface area (Å²) in [5, 5.41) is 12.3. The Morgan fingerprint density at radius 1 is 0.618 bits per heavy atom. The molecule has 0 fully saturated rings. The van der Waals surface area contributed by atoms with Crippen molar-refractivity contribution in [2.75, 3.05) is 23.7 Å². The molecule has 34 heavy (non-hydrogen) atoms. The first-order chi connectivity index (χ1) is 16.2. The highest BCUT2D eigenvalue weighted by Crippen LogP contribution is 2.26. The van der Waals surface area contributed by atoms with E-state index in [-0.39, 0.29) is 12.4 Å². The molecule has 0 spiro atoms. The van der Waals surface area contributed by atoms with E-state index >= 15 is 0 Å². The third-order valence-corrected chi connectivity index (χ3v) is 6.56. The van der Waals surface area contributed by atoms with E-state index in [9.17, 15) is 0 Å². The van der Waals surface area contributed by atoms with E-state index in [0.717, 1.165) is 28.7 Å². The highest BCUT2D eigenvalue weighted by atomic mass is 35.5. The lowest BCUT2D eigenvalue weighted by Crippen LogP contribution is -3.00. The van der Waals surface area contributed by atoms with Crippen LogP contribution in [0.3, 0.4) is 0 Å². The second-order valence-electron chi connectivity index (χ2n) is 8.58. The summed E-state index contributed by atoms with van der Waals surface area (Å²) in [7, 11) is 0. The second-order valence-corrected chi connectivity index (χ2v) is 9.45. The van der Waals surface area contributed by atoms with Crippen LogP contribution in [0.2, 0.25) is 10.0 Å². The smallest absolute Gasteiger partial charge is 0.214 e. The standard InChI is InChI=1S/C28H31Cl2N3.ClH/c29-22-11-13-24-21(19-22)9-8-10-26(24)31-16-6-4-2-1-3-5-7-17-32-27-15-18-33-28-20-23(30)12-14-25(27)28;/h8-15,18-20,31H,1-7,16-17H2,(H,32,33);1H. The number of aromatic amines is 1. The molecule has 0 aliphatic rings. The van der Waals surface area contributed by atoms with Crippen molar-refractivity contribution in [1.29, 1.82) is 0 Å². The predicted molar refractivity (Wildman–Crippen MR) is 144 cm³/mol. The van der Waals surface area contributed by atoms with E-state index in [1.807, 2.05) is 30.5 Å². The number of aromatic nitrogens is 1. The molecule has 3 nitrogen and oxygen atoms in total. The van der Waals surface area contributed by atoms with Gasteiger partial charge in [0.1, 0.15) is 0 Å². The van der Waals surface area contributed by atoms with Gasteiger partial charge >= 0.3 is 0 Å². The number of hydrogen-bond donors (Lipinski definition) is 2. The number of unbranched alkanes of at least 4 members (excludes halogenated alkanes) is 6. The molecule has 0 bridgehead atoms. The number of hydrogen-bond acceptors (Lipinski definition) is 2. The molecule has 0 aliphatic heterocycles. The molecular formula is C28H32Cl3N3. The van der Waals surface area contributed by atoms with Crippen LogP contribution < -0.4 is 28.0 Å². The third-order valence-electron chi connectivity index (χ3n) is 6.09. The molecule has 6 heteroatoms. The number of anilines is 2. The van der Waals surface area contributed by atoms with Crippen molar-refractivity contribution in [3.63, 3.8) is 0 Å². The number of benzene rings is 3. The predicted octanol–water partition coefficient (Wildman–Crippen LogP) is 5.37. The summed E-state index contributed by atoms with van der Waals surface area (Å²) in [5.41, 5.74) is 3.43. The van der Waals surface area contributed by atoms with Crippen LogP contribution in [-0.2, 0) is 0 Å². The summed E-state index contributed by atoms with van der Waals surface area (Å²) in [6.45, 7) is 2.02. The van der Waals surface area contributed by atoms with Crippen LogP contribution in [0.15, 0.2) is 66.9 Å². The van der Waals surface area contributed by atoms with Gasteiger partial charge in [-0.15, -0.1) is 0 Å². The molecule has 0 amide bonds. The Labute approximate surface area is 218 Å². The molecule has 0 saturated heterocycles. The van der Waals surface area contributed by atoms with Crippen LogP contribution >= 0.6 is 23.2 Å². The van der Waals surface area contributed by atoms with Crippen molar-refractivity contribution in [1.82, 2.24) is 0 Å². The van der Waals surface area contributed by atoms with E-state index in [0.29, 0.717) is 0 Å². The van der Waals surface area contributed by atoms with Crippen LogP contribution in [0.5, 0.6) is 0 Å². The van der Waals surface area contributed by atoms with Crippen molar-refractivity contribution >= 4 is 56.3 Å². The quantitative estimate of drug-likeness (QED) is 0.248. The number of fused-ring (bicyclic) bond motifs is 2. The highest BCUT2D eigenvalue weighted by Gasteiger charge is 2.06. The lowest BCUT2D eigenvalue weighted by molar-refractivity contribution is -0.344. The Balaban J connectivity index is 0.00000324. The Morgan fingerprint density at radius 3 is 1.91 bits per heavy atom. The average Bonchev–Trinajstić information content (AvgIpc) is 2.82. The lowest BCUT2D eigenvalue weighted by atomic mass is 10.1. The normalized spacial score (nSPS) is 10.9. The van der Waals surface area contributed by atoms with Crippen molar-refractivity contribution in [2.24, 2.45) is 0 Å². The van der Waals surface area contributed by atoms with Crippen LogP contribution in [0.25, 0.3) is 21.7 Å². The number of nitrogens with one attached hydrogen (secondary N) is 3. The van der Waals surface area contributed by atoms with Crippen molar-refractivity contribution in [3.05, 3.63) is 76.9 Å². The van der Waals surface area contributed by atoms with E-state index < -0.39 is 0 Å². The van der Waals surface area contributed by atoms with Gasteiger partial charge in [0.05, 0.1) is 11.1 Å². The Kier molecular flexibility index (Phi) is 10.6.